The van der Waals surface area contributed by atoms with E-state index in [0.29, 0.717) is 12.5 Å². The number of ether oxygens (including phenoxy) is 1. The Morgan fingerprint density at radius 1 is 1.24 bits per heavy atom. The molecule has 2 aromatic rings. The van der Waals surface area contributed by atoms with Crippen molar-refractivity contribution in [3.05, 3.63) is 34.1 Å². The number of hydrogen-bond donors (Lipinski definition) is 1. The SMILES string of the molecule is CN1CC2CCN(c3c(F)cc4c(=O)c(OC(=O)O)cn(C5CC5)c4c3F)C2C1. The van der Waals surface area contributed by atoms with Crippen molar-refractivity contribution in [3.8, 4) is 5.75 Å². The predicted octanol–water partition coefficient (Wildman–Crippen LogP) is 2.81. The van der Waals surface area contributed by atoms with Gasteiger partial charge in [0.15, 0.2) is 11.6 Å². The van der Waals surface area contributed by atoms with E-state index in [9.17, 15) is 9.59 Å². The van der Waals surface area contributed by atoms with Crippen LogP contribution >= 0.6 is 0 Å². The molecule has 29 heavy (non-hydrogen) atoms. The van der Waals surface area contributed by atoms with Crippen LogP contribution in [0.4, 0.5) is 19.3 Å². The zero-order chi connectivity index (χ0) is 20.4. The highest BCUT2D eigenvalue weighted by Gasteiger charge is 2.42. The van der Waals surface area contributed by atoms with Crippen LogP contribution in [0.2, 0.25) is 0 Å². The molecule has 2 atom stereocenters. The highest BCUT2D eigenvalue weighted by Crippen LogP contribution is 2.42. The lowest BCUT2D eigenvalue weighted by Crippen LogP contribution is -2.36. The number of likely N-dealkylation sites (tertiary alicyclic amines) is 1. The summed E-state index contributed by atoms with van der Waals surface area (Å²) in [6.07, 6.45) is 2.00. The summed E-state index contributed by atoms with van der Waals surface area (Å²) in [5, 5.41) is 8.68. The van der Waals surface area contributed by atoms with Gasteiger partial charge in [-0.1, -0.05) is 0 Å². The van der Waals surface area contributed by atoms with E-state index in [1.165, 1.54) is 10.8 Å². The molecule has 1 aromatic carbocycles. The Morgan fingerprint density at radius 2 is 2.00 bits per heavy atom. The number of carboxylic acid groups (broad SMARTS) is 1. The van der Waals surface area contributed by atoms with Crippen LogP contribution in [-0.4, -0.2) is 53.5 Å². The number of halogens is 2. The van der Waals surface area contributed by atoms with Gasteiger partial charge in [-0.15, -0.1) is 0 Å². The third-order valence-corrected chi connectivity index (χ3v) is 6.31. The standard InChI is InChI=1S/C20H21F2N3O4/c1-23-7-10-4-5-24(14(10)8-23)18-13(21)6-12-17(16(18)22)25(11-2-3-11)9-15(19(12)26)29-20(27)28/h6,9-11,14H,2-5,7-8H2,1H3,(H,27,28). The van der Waals surface area contributed by atoms with E-state index in [1.807, 2.05) is 7.05 Å². The number of nitrogens with zero attached hydrogens (tertiary/aromatic N) is 3. The summed E-state index contributed by atoms with van der Waals surface area (Å²) < 4.78 is 37.0. The van der Waals surface area contributed by atoms with Crippen LogP contribution in [0.15, 0.2) is 17.1 Å². The van der Waals surface area contributed by atoms with Gasteiger partial charge in [-0.05, 0) is 38.3 Å². The van der Waals surface area contributed by atoms with E-state index < -0.39 is 29.0 Å². The lowest BCUT2D eigenvalue weighted by molar-refractivity contribution is 0.143. The molecule has 1 N–H and O–H groups in total. The number of aromatic nitrogens is 1. The van der Waals surface area contributed by atoms with Gasteiger partial charge in [0.1, 0.15) is 11.5 Å². The Kier molecular flexibility index (Phi) is 4.06. The maximum atomic E-state index is 15.7. The van der Waals surface area contributed by atoms with Gasteiger partial charge in [-0.3, -0.25) is 4.79 Å². The van der Waals surface area contributed by atoms with Crippen molar-refractivity contribution in [2.24, 2.45) is 5.92 Å². The van der Waals surface area contributed by atoms with Gasteiger partial charge in [0, 0.05) is 31.7 Å². The number of pyridine rings is 1. The number of anilines is 1. The number of hydrogen-bond acceptors (Lipinski definition) is 5. The second-order valence-corrected chi connectivity index (χ2v) is 8.28. The summed E-state index contributed by atoms with van der Waals surface area (Å²) in [7, 11) is 2.00. The lowest BCUT2D eigenvalue weighted by atomic mass is 10.0. The molecular weight excluding hydrogens is 384 g/mol. The molecule has 2 aliphatic heterocycles. The molecule has 0 spiro atoms. The van der Waals surface area contributed by atoms with Gasteiger partial charge in [-0.2, -0.15) is 0 Å². The number of benzene rings is 1. The van der Waals surface area contributed by atoms with E-state index in [-0.39, 0.29) is 28.7 Å². The molecule has 1 saturated carbocycles. The third-order valence-electron chi connectivity index (χ3n) is 6.31. The molecule has 2 saturated heterocycles. The van der Waals surface area contributed by atoms with Crippen LogP contribution in [0.1, 0.15) is 25.3 Å². The quantitative estimate of drug-likeness (QED) is 0.792. The first-order chi connectivity index (χ1) is 13.8. The van der Waals surface area contributed by atoms with Gasteiger partial charge < -0.3 is 24.2 Å². The van der Waals surface area contributed by atoms with Crippen LogP contribution in [0.25, 0.3) is 10.9 Å². The molecule has 3 fully saturated rings. The molecule has 154 valence electrons. The summed E-state index contributed by atoms with van der Waals surface area (Å²) in [6.45, 7) is 2.21. The number of carbonyl (C=O) groups is 1. The van der Waals surface area contributed by atoms with Crippen molar-refractivity contribution in [1.29, 1.82) is 0 Å². The third kappa shape index (κ3) is 2.87. The minimum Gasteiger partial charge on any atom is -0.449 e. The second kappa shape index (κ2) is 6.41. The Hall–Kier alpha value is -2.68. The fourth-order valence-electron chi connectivity index (χ4n) is 4.93. The molecule has 3 aliphatic rings. The van der Waals surface area contributed by atoms with Crippen LogP contribution in [0.3, 0.4) is 0 Å². The lowest BCUT2D eigenvalue weighted by Gasteiger charge is -2.28. The van der Waals surface area contributed by atoms with Gasteiger partial charge in [0.05, 0.1) is 17.1 Å². The van der Waals surface area contributed by atoms with Gasteiger partial charge in [0.25, 0.3) is 0 Å². The summed E-state index contributed by atoms with van der Waals surface area (Å²) >= 11 is 0. The highest BCUT2D eigenvalue weighted by molar-refractivity contribution is 5.86. The summed E-state index contributed by atoms with van der Waals surface area (Å²) in [4.78, 5) is 27.5. The van der Waals surface area contributed by atoms with E-state index in [0.717, 1.165) is 38.4 Å². The van der Waals surface area contributed by atoms with Crippen LogP contribution in [-0.2, 0) is 0 Å². The van der Waals surface area contributed by atoms with E-state index in [2.05, 4.69) is 9.64 Å². The van der Waals surface area contributed by atoms with Crippen molar-refractivity contribution in [3.63, 3.8) is 0 Å². The van der Waals surface area contributed by atoms with Crippen molar-refractivity contribution in [2.75, 3.05) is 31.6 Å². The first-order valence-corrected chi connectivity index (χ1v) is 9.78. The molecule has 1 aliphatic carbocycles. The van der Waals surface area contributed by atoms with Crippen LogP contribution < -0.4 is 15.1 Å². The first-order valence-electron chi connectivity index (χ1n) is 9.78. The molecule has 2 unspecified atom stereocenters. The Bertz CT molecular complexity index is 1080. The normalized spacial score (nSPS) is 24.3. The minimum atomic E-state index is -1.64. The van der Waals surface area contributed by atoms with Crippen LogP contribution in [0.5, 0.6) is 5.75 Å². The molecule has 9 heteroatoms. The minimum absolute atomic E-state index is 0.0152. The van der Waals surface area contributed by atoms with E-state index >= 15 is 8.78 Å². The average Bonchev–Trinajstić information content (AvgIpc) is 3.33. The number of likely N-dealkylation sites (N-methyl/N-ethyl adjacent to an activating group) is 1. The molecule has 1 aromatic heterocycles. The summed E-state index contributed by atoms with van der Waals surface area (Å²) in [5.74, 6) is -1.65. The maximum Gasteiger partial charge on any atom is 0.511 e. The second-order valence-electron chi connectivity index (χ2n) is 8.28. The van der Waals surface area contributed by atoms with Crippen molar-refractivity contribution < 1.29 is 23.4 Å². The van der Waals surface area contributed by atoms with Crippen LogP contribution in [0, 0.1) is 17.6 Å². The summed E-state index contributed by atoms with van der Waals surface area (Å²) in [5.41, 5.74) is -0.911. The van der Waals surface area contributed by atoms with Crippen molar-refractivity contribution in [2.45, 2.75) is 31.3 Å². The van der Waals surface area contributed by atoms with E-state index in [1.54, 1.807) is 4.90 Å². The molecule has 5 rings (SSSR count). The van der Waals surface area contributed by atoms with Gasteiger partial charge >= 0.3 is 6.16 Å². The van der Waals surface area contributed by atoms with Gasteiger partial charge in [0.2, 0.25) is 5.43 Å². The largest absolute Gasteiger partial charge is 0.511 e. The maximum absolute atomic E-state index is 15.7. The fourth-order valence-corrected chi connectivity index (χ4v) is 4.93. The first kappa shape index (κ1) is 18.4. The molecular formula is C20H21F2N3O4. The summed E-state index contributed by atoms with van der Waals surface area (Å²) in [6, 6.07) is 0.999. The number of fused-ring (bicyclic) bond motifs is 2. The Morgan fingerprint density at radius 3 is 2.69 bits per heavy atom. The monoisotopic (exact) mass is 405 g/mol. The van der Waals surface area contributed by atoms with E-state index in [4.69, 9.17) is 5.11 Å². The molecule has 0 radical (unpaired) electrons. The van der Waals surface area contributed by atoms with Crippen molar-refractivity contribution in [1.82, 2.24) is 9.47 Å². The molecule has 0 amide bonds. The van der Waals surface area contributed by atoms with Crippen molar-refractivity contribution >= 4 is 22.7 Å². The predicted molar refractivity (Wildman–Crippen MR) is 102 cm³/mol. The number of rotatable bonds is 3. The highest BCUT2D eigenvalue weighted by atomic mass is 19.1. The zero-order valence-corrected chi connectivity index (χ0v) is 15.9. The smallest absolute Gasteiger partial charge is 0.449 e. The van der Waals surface area contributed by atoms with Gasteiger partial charge in [-0.25, -0.2) is 13.6 Å². The zero-order valence-electron chi connectivity index (χ0n) is 15.9. The Labute approximate surface area is 165 Å². The average molecular weight is 405 g/mol. The molecule has 3 heterocycles. The molecule has 0 bridgehead atoms. The topological polar surface area (TPSA) is 75.0 Å². The fraction of sp³-hybridized carbons (Fsp3) is 0.500. The molecule has 7 nitrogen and oxygen atoms in total. The Balaban J connectivity index is 1.71.